The van der Waals surface area contributed by atoms with Gasteiger partial charge in [-0.3, -0.25) is 4.79 Å². The minimum Gasteiger partial charge on any atom is -0.332 e. The summed E-state index contributed by atoms with van der Waals surface area (Å²) in [5, 5.41) is 2.13. The van der Waals surface area contributed by atoms with Crippen molar-refractivity contribution in [3.8, 4) is 0 Å². The average Bonchev–Trinajstić information content (AvgIpc) is 2.83. The maximum atomic E-state index is 12.7. The SMILES string of the molecule is CC[NH+]1CCN(C(=O)c2sc3cc(Cl)ccc3c2Cl)CC1. The number of fused-ring (bicyclic) bond motifs is 1. The average molecular weight is 344 g/mol. The molecule has 0 aliphatic carbocycles. The number of hydrogen-bond acceptors (Lipinski definition) is 2. The molecule has 0 radical (unpaired) electrons. The molecule has 0 bridgehead atoms. The molecular weight excluding hydrogens is 327 g/mol. The molecule has 1 N–H and O–H groups in total. The third-order valence-electron chi connectivity index (χ3n) is 4.04. The van der Waals surface area contributed by atoms with Crippen molar-refractivity contribution in [1.29, 1.82) is 0 Å². The number of quaternary nitrogens is 1. The first-order valence-electron chi connectivity index (χ1n) is 7.10. The Kier molecular flexibility index (Phi) is 4.41. The molecule has 1 fully saturated rings. The quantitative estimate of drug-likeness (QED) is 0.890. The Hall–Kier alpha value is -0.810. The molecule has 0 spiro atoms. The van der Waals surface area contributed by atoms with E-state index in [1.54, 1.807) is 11.0 Å². The zero-order chi connectivity index (χ0) is 15.0. The van der Waals surface area contributed by atoms with Crippen molar-refractivity contribution in [2.75, 3.05) is 32.7 Å². The van der Waals surface area contributed by atoms with Crippen molar-refractivity contribution in [2.24, 2.45) is 0 Å². The number of carbonyl (C=O) groups is 1. The third-order valence-corrected chi connectivity index (χ3v) is 5.92. The normalized spacial score (nSPS) is 16.6. The molecule has 3 rings (SSSR count). The summed E-state index contributed by atoms with van der Waals surface area (Å²) in [6.45, 7) is 6.91. The number of benzene rings is 1. The van der Waals surface area contributed by atoms with Gasteiger partial charge in [-0.1, -0.05) is 29.3 Å². The van der Waals surface area contributed by atoms with Crippen LogP contribution in [0.1, 0.15) is 16.6 Å². The summed E-state index contributed by atoms with van der Waals surface area (Å²) in [6.07, 6.45) is 0. The highest BCUT2D eigenvalue weighted by molar-refractivity contribution is 7.21. The molecule has 0 atom stereocenters. The lowest BCUT2D eigenvalue weighted by atomic mass is 10.2. The van der Waals surface area contributed by atoms with Gasteiger partial charge in [-0.2, -0.15) is 0 Å². The van der Waals surface area contributed by atoms with Crippen LogP contribution < -0.4 is 4.90 Å². The van der Waals surface area contributed by atoms with E-state index in [1.165, 1.54) is 11.3 Å². The van der Waals surface area contributed by atoms with Crippen molar-refractivity contribution in [3.63, 3.8) is 0 Å². The van der Waals surface area contributed by atoms with Gasteiger partial charge < -0.3 is 9.80 Å². The second kappa shape index (κ2) is 6.13. The Morgan fingerprint density at radius 1 is 1.33 bits per heavy atom. The molecule has 0 saturated carbocycles. The number of hydrogen-bond donors (Lipinski definition) is 1. The lowest BCUT2D eigenvalue weighted by Crippen LogP contribution is -3.14. The topological polar surface area (TPSA) is 24.8 Å². The Morgan fingerprint density at radius 2 is 2.05 bits per heavy atom. The van der Waals surface area contributed by atoms with E-state index in [-0.39, 0.29) is 5.91 Å². The first kappa shape index (κ1) is 15.1. The number of rotatable bonds is 2. The fraction of sp³-hybridized carbons (Fsp3) is 0.400. The predicted molar refractivity (Wildman–Crippen MR) is 89.0 cm³/mol. The van der Waals surface area contributed by atoms with Gasteiger partial charge in [0.2, 0.25) is 0 Å². The largest absolute Gasteiger partial charge is 0.332 e. The van der Waals surface area contributed by atoms with E-state index in [0.717, 1.165) is 42.8 Å². The van der Waals surface area contributed by atoms with E-state index < -0.39 is 0 Å². The summed E-state index contributed by atoms with van der Waals surface area (Å²) >= 11 is 13.8. The zero-order valence-electron chi connectivity index (χ0n) is 11.8. The molecule has 21 heavy (non-hydrogen) atoms. The molecule has 1 aliphatic heterocycles. The second-order valence-electron chi connectivity index (χ2n) is 5.28. The maximum Gasteiger partial charge on any atom is 0.265 e. The third kappa shape index (κ3) is 2.90. The van der Waals surface area contributed by atoms with Crippen LogP contribution in [0.3, 0.4) is 0 Å². The van der Waals surface area contributed by atoms with Crippen molar-refractivity contribution in [3.05, 3.63) is 33.1 Å². The first-order chi connectivity index (χ1) is 10.1. The maximum absolute atomic E-state index is 12.7. The molecule has 1 saturated heterocycles. The van der Waals surface area contributed by atoms with Gasteiger partial charge in [-0.15, -0.1) is 11.3 Å². The Bertz CT molecular complexity index is 678. The molecular formula is C15H17Cl2N2OS+. The van der Waals surface area contributed by atoms with Crippen LogP contribution in [0.2, 0.25) is 10.0 Å². The molecule has 1 amide bonds. The highest BCUT2D eigenvalue weighted by Crippen LogP contribution is 2.37. The van der Waals surface area contributed by atoms with E-state index in [0.29, 0.717) is 14.9 Å². The Labute approximate surface area is 138 Å². The predicted octanol–water partition coefficient (Wildman–Crippen LogP) is 2.57. The molecule has 0 unspecified atom stereocenters. The van der Waals surface area contributed by atoms with Gasteiger partial charge in [0.05, 0.1) is 37.7 Å². The number of halogens is 2. The zero-order valence-corrected chi connectivity index (χ0v) is 14.1. The van der Waals surface area contributed by atoms with Gasteiger partial charge in [0.25, 0.3) is 5.91 Å². The summed E-state index contributed by atoms with van der Waals surface area (Å²) in [4.78, 5) is 16.8. The van der Waals surface area contributed by atoms with E-state index in [2.05, 4.69) is 6.92 Å². The standard InChI is InChI=1S/C15H16Cl2N2OS/c1-2-18-5-7-19(8-6-18)15(20)14-13(17)11-4-3-10(16)9-12(11)21-14/h3-4,9H,2,5-8H2,1H3/p+1. The summed E-state index contributed by atoms with van der Waals surface area (Å²) in [5.41, 5.74) is 0. The van der Waals surface area contributed by atoms with Crippen molar-refractivity contribution in [1.82, 2.24) is 4.90 Å². The highest BCUT2D eigenvalue weighted by atomic mass is 35.5. The van der Waals surface area contributed by atoms with E-state index >= 15 is 0 Å². The van der Waals surface area contributed by atoms with Crippen LogP contribution >= 0.6 is 34.5 Å². The summed E-state index contributed by atoms with van der Waals surface area (Å²) < 4.78 is 0.966. The molecule has 1 aromatic carbocycles. The van der Waals surface area contributed by atoms with Crippen LogP contribution in [0.15, 0.2) is 18.2 Å². The van der Waals surface area contributed by atoms with Gasteiger partial charge in [0, 0.05) is 15.1 Å². The monoisotopic (exact) mass is 343 g/mol. The Balaban J connectivity index is 1.86. The summed E-state index contributed by atoms with van der Waals surface area (Å²) in [7, 11) is 0. The number of nitrogens with zero attached hydrogens (tertiary/aromatic N) is 1. The van der Waals surface area contributed by atoms with E-state index in [4.69, 9.17) is 23.2 Å². The van der Waals surface area contributed by atoms with Crippen molar-refractivity contribution < 1.29 is 9.69 Å². The van der Waals surface area contributed by atoms with Crippen molar-refractivity contribution >= 4 is 50.5 Å². The molecule has 1 aliphatic rings. The Morgan fingerprint density at radius 3 is 2.71 bits per heavy atom. The van der Waals surface area contributed by atoms with E-state index in [1.807, 2.05) is 17.0 Å². The van der Waals surface area contributed by atoms with Gasteiger partial charge >= 0.3 is 0 Å². The minimum absolute atomic E-state index is 0.0486. The van der Waals surface area contributed by atoms with Gasteiger partial charge in [0.1, 0.15) is 4.88 Å². The fourth-order valence-electron chi connectivity index (χ4n) is 2.70. The lowest BCUT2D eigenvalue weighted by Gasteiger charge is -2.31. The number of amides is 1. The molecule has 112 valence electrons. The fourth-order valence-corrected chi connectivity index (χ4v) is 4.46. The molecule has 2 aromatic rings. The number of piperazine rings is 1. The molecule has 2 heterocycles. The molecule has 3 nitrogen and oxygen atoms in total. The van der Waals surface area contributed by atoms with Crippen LogP contribution in [0, 0.1) is 0 Å². The van der Waals surface area contributed by atoms with Crippen LogP contribution in [-0.2, 0) is 0 Å². The van der Waals surface area contributed by atoms with Crippen LogP contribution in [0.5, 0.6) is 0 Å². The first-order valence-corrected chi connectivity index (χ1v) is 8.67. The lowest BCUT2D eigenvalue weighted by molar-refractivity contribution is -0.902. The second-order valence-corrected chi connectivity index (χ2v) is 7.15. The highest BCUT2D eigenvalue weighted by Gasteiger charge is 2.27. The minimum atomic E-state index is 0.0486. The summed E-state index contributed by atoms with van der Waals surface area (Å²) in [5.74, 6) is 0.0486. The number of nitrogens with one attached hydrogen (secondary N) is 1. The van der Waals surface area contributed by atoms with E-state index in [9.17, 15) is 4.79 Å². The molecule has 1 aromatic heterocycles. The van der Waals surface area contributed by atoms with Crippen LogP contribution in [0.25, 0.3) is 10.1 Å². The summed E-state index contributed by atoms with van der Waals surface area (Å²) in [6, 6.07) is 5.55. The van der Waals surface area contributed by atoms with Crippen LogP contribution in [0.4, 0.5) is 0 Å². The number of likely N-dealkylation sites (N-methyl/N-ethyl adjacent to an activating group) is 1. The smallest absolute Gasteiger partial charge is 0.265 e. The van der Waals surface area contributed by atoms with Gasteiger partial charge in [-0.05, 0) is 19.1 Å². The van der Waals surface area contributed by atoms with Gasteiger partial charge in [0.15, 0.2) is 0 Å². The van der Waals surface area contributed by atoms with Crippen molar-refractivity contribution in [2.45, 2.75) is 6.92 Å². The number of thiophene rings is 1. The van der Waals surface area contributed by atoms with Crippen LogP contribution in [-0.4, -0.2) is 43.5 Å². The number of carbonyl (C=O) groups excluding carboxylic acids is 1. The van der Waals surface area contributed by atoms with Gasteiger partial charge in [-0.25, -0.2) is 0 Å². The molecule has 6 heteroatoms.